The van der Waals surface area contributed by atoms with Crippen molar-refractivity contribution in [1.82, 2.24) is 20.3 Å². The van der Waals surface area contributed by atoms with Gasteiger partial charge < -0.3 is 10.4 Å². The van der Waals surface area contributed by atoms with Crippen molar-refractivity contribution in [3.05, 3.63) is 41.2 Å². The number of aliphatic carboxylic acids is 1. The molecule has 2 aromatic rings. The first kappa shape index (κ1) is 14.7. The monoisotopic (exact) mass is 288 g/mol. The molecule has 0 aliphatic heterocycles. The molecule has 0 bridgehead atoms. The first-order valence-corrected chi connectivity index (χ1v) is 6.43. The minimum Gasteiger partial charge on any atom is -0.480 e. The van der Waals surface area contributed by atoms with Crippen LogP contribution in [0.5, 0.6) is 0 Å². The molecule has 7 heteroatoms. The molecule has 0 spiro atoms. The van der Waals surface area contributed by atoms with Gasteiger partial charge in [-0.2, -0.15) is 0 Å². The van der Waals surface area contributed by atoms with Gasteiger partial charge in [-0.3, -0.25) is 9.59 Å². The van der Waals surface area contributed by atoms with Gasteiger partial charge in [-0.05, 0) is 32.9 Å². The summed E-state index contributed by atoms with van der Waals surface area (Å²) >= 11 is 0. The van der Waals surface area contributed by atoms with E-state index >= 15 is 0 Å². The second-order valence-corrected chi connectivity index (χ2v) is 4.80. The zero-order chi connectivity index (χ0) is 15.6. The predicted molar refractivity (Wildman–Crippen MR) is 75.4 cm³/mol. The Morgan fingerprint density at radius 3 is 2.43 bits per heavy atom. The van der Waals surface area contributed by atoms with Crippen LogP contribution >= 0.6 is 0 Å². The first-order chi connectivity index (χ1) is 9.90. The third kappa shape index (κ3) is 3.07. The lowest BCUT2D eigenvalue weighted by atomic mass is 10.2. The molecule has 1 atom stereocenters. The lowest BCUT2D eigenvalue weighted by Gasteiger charge is -2.08. The molecule has 1 heterocycles. The standard InChI is InChI=1S/C14H16N4O3/c1-8-4-6-11(7-5-8)18-10(3)12(16-17-18)13(19)15-9(2)14(20)21/h4-7,9H,1-3H3,(H,15,19)(H,20,21)/t9-/m1/s1. The van der Waals surface area contributed by atoms with Crippen molar-refractivity contribution >= 4 is 11.9 Å². The van der Waals surface area contributed by atoms with Crippen LogP contribution in [0.15, 0.2) is 24.3 Å². The fourth-order valence-corrected chi connectivity index (χ4v) is 1.80. The van der Waals surface area contributed by atoms with Crippen LogP contribution in [0.4, 0.5) is 0 Å². The van der Waals surface area contributed by atoms with Crippen molar-refractivity contribution in [2.45, 2.75) is 26.8 Å². The number of carboxylic acid groups (broad SMARTS) is 1. The SMILES string of the molecule is Cc1ccc(-n2nnc(C(=O)N[C@H](C)C(=O)O)c2C)cc1. The summed E-state index contributed by atoms with van der Waals surface area (Å²) in [7, 11) is 0. The Hall–Kier alpha value is -2.70. The molecule has 0 radical (unpaired) electrons. The van der Waals surface area contributed by atoms with Gasteiger partial charge in [-0.15, -0.1) is 5.10 Å². The summed E-state index contributed by atoms with van der Waals surface area (Å²) < 4.78 is 1.54. The minimum atomic E-state index is -1.10. The van der Waals surface area contributed by atoms with Gasteiger partial charge >= 0.3 is 5.97 Å². The average molecular weight is 288 g/mol. The Kier molecular flexibility index (Phi) is 4.02. The van der Waals surface area contributed by atoms with Crippen LogP contribution in [0.2, 0.25) is 0 Å². The molecule has 0 saturated carbocycles. The molecule has 1 aromatic heterocycles. The highest BCUT2D eigenvalue weighted by atomic mass is 16.4. The number of benzene rings is 1. The number of hydrogen-bond acceptors (Lipinski definition) is 4. The Labute approximate surface area is 121 Å². The van der Waals surface area contributed by atoms with Gasteiger partial charge in [0.1, 0.15) is 6.04 Å². The molecule has 2 N–H and O–H groups in total. The molecule has 0 unspecified atom stereocenters. The van der Waals surface area contributed by atoms with Crippen LogP contribution in [0, 0.1) is 13.8 Å². The molecule has 0 aliphatic rings. The first-order valence-electron chi connectivity index (χ1n) is 6.43. The number of nitrogens with one attached hydrogen (secondary N) is 1. The molecule has 2 rings (SSSR count). The summed E-state index contributed by atoms with van der Waals surface area (Å²) in [5, 5.41) is 18.9. The van der Waals surface area contributed by atoms with Crippen LogP contribution in [0.3, 0.4) is 0 Å². The third-order valence-electron chi connectivity index (χ3n) is 3.11. The summed E-state index contributed by atoms with van der Waals surface area (Å²) in [5.41, 5.74) is 2.57. The maximum atomic E-state index is 12.0. The van der Waals surface area contributed by atoms with E-state index < -0.39 is 17.9 Å². The predicted octanol–water partition coefficient (Wildman–Crippen LogP) is 1.09. The fraction of sp³-hybridized carbons (Fsp3) is 0.286. The van der Waals surface area contributed by atoms with Crippen molar-refractivity contribution in [1.29, 1.82) is 0 Å². The van der Waals surface area contributed by atoms with E-state index in [9.17, 15) is 9.59 Å². The number of rotatable bonds is 4. The summed E-state index contributed by atoms with van der Waals surface area (Å²) in [6.45, 7) is 5.07. The number of aryl methyl sites for hydroxylation is 1. The molecular formula is C14H16N4O3. The Morgan fingerprint density at radius 1 is 1.24 bits per heavy atom. The molecule has 0 saturated heterocycles. The second kappa shape index (κ2) is 5.74. The van der Waals surface area contributed by atoms with E-state index in [0.29, 0.717) is 5.69 Å². The number of carboxylic acids is 1. The van der Waals surface area contributed by atoms with Gasteiger partial charge in [0.25, 0.3) is 5.91 Å². The topological polar surface area (TPSA) is 97.1 Å². The number of hydrogen-bond donors (Lipinski definition) is 2. The number of carbonyl (C=O) groups is 2. The molecule has 110 valence electrons. The molecule has 1 aromatic carbocycles. The van der Waals surface area contributed by atoms with E-state index in [1.807, 2.05) is 31.2 Å². The fourth-order valence-electron chi connectivity index (χ4n) is 1.80. The maximum Gasteiger partial charge on any atom is 0.325 e. The Balaban J connectivity index is 2.26. The third-order valence-corrected chi connectivity index (χ3v) is 3.11. The van der Waals surface area contributed by atoms with E-state index in [2.05, 4.69) is 15.6 Å². The van der Waals surface area contributed by atoms with Crippen LogP contribution in [-0.2, 0) is 4.79 Å². The van der Waals surface area contributed by atoms with Gasteiger partial charge in [0, 0.05) is 0 Å². The van der Waals surface area contributed by atoms with E-state index in [4.69, 9.17) is 5.11 Å². The van der Waals surface area contributed by atoms with E-state index in [1.165, 1.54) is 6.92 Å². The number of nitrogens with zero attached hydrogens (tertiary/aromatic N) is 3. The lowest BCUT2D eigenvalue weighted by molar-refractivity contribution is -0.138. The second-order valence-electron chi connectivity index (χ2n) is 4.80. The van der Waals surface area contributed by atoms with Gasteiger partial charge in [0.05, 0.1) is 11.4 Å². The summed E-state index contributed by atoms with van der Waals surface area (Å²) in [6.07, 6.45) is 0. The van der Waals surface area contributed by atoms with Crippen molar-refractivity contribution in [2.24, 2.45) is 0 Å². The van der Waals surface area contributed by atoms with Gasteiger partial charge in [0.15, 0.2) is 5.69 Å². The van der Waals surface area contributed by atoms with Crippen LogP contribution in [-0.4, -0.2) is 38.0 Å². The van der Waals surface area contributed by atoms with Gasteiger partial charge in [-0.1, -0.05) is 22.9 Å². The van der Waals surface area contributed by atoms with Crippen LogP contribution in [0.1, 0.15) is 28.7 Å². The molecular weight excluding hydrogens is 272 g/mol. The van der Waals surface area contributed by atoms with E-state index in [1.54, 1.807) is 11.6 Å². The van der Waals surface area contributed by atoms with Gasteiger partial charge in [-0.25, -0.2) is 4.68 Å². The minimum absolute atomic E-state index is 0.115. The van der Waals surface area contributed by atoms with Gasteiger partial charge in [0.2, 0.25) is 0 Å². The average Bonchev–Trinajstić information content (AvgIpc) is 2.81. The highest BCUT2D eigenvalue weighted by Gasteiger charge is 2.21. The van der Waals surface area contributed by atoms with Crippen LogP contribution < -0.4 is 5.32 Å². The summed E-state index contributed by atoms with van der Waals surface area (Å²) in [4.78, 5) is 22.7. The smallest absolute Gasteiger partial charge is 0.325 e. The molecule has 0 aliphatic carbocycles. The van der Waals surface area contributed by atoms with Crippen LogP contribution in [0.25, 0.3) is 5.69 Å². The lowest BCUT2D eigenvalue weighted by Crippen LogP contribution is -2.38. The highest BCUT2D eigenvalue weighted by molar-refractivity contribution is 5.95. The van der Waals surface area contributed by atoms with Crippen molar-refractivity contribution < 1.29 is 14.7 Å². The number of aromatic nitrogens is 3. The number of carbonyl (C=O) groups excluding carboxylic acids is 1. The highest BCUT2D eigenvalue weighted by Crippen LogP contribution is 2.13. The van der Waals surface area contributed by atoms with E-state index in [-0.39, 0.29) is 5.69 Å². The van der Waals surface area contributed by atoms with Crippen molar-refractivity contribution in [3.8, 4) is 5.69 Å². The summed E-state index contributed by atoms with van der Waals surface area (Å²) in [5.74, 6) is -1.66. The summed E-state index contributed by atoms with van der Waals surface area (Å²) in [6, 6.07) is 6.63. The molecule has 7 nitrogen and oxygen atoms in total. The number of amides is 1. The zero-order valence-corrected chi connectivity index (χ0v) is 12.0. The largest absolute Gasteiger partial charge is 0.480 e. The Bertz CT molecular complexity index is 676. The van der Waals surface area contributed by atoms with E-state index in [0.717, 1.165) is 11.3 Å². The Morgan fingerprint density at radius 2 is 1.86 bits per heavy atom. The normalized spacial score (nSPS) is 12.0. The van der Waals surface area contributed by atoms with Crippen molar-refractivity contribution in [3.63, 3.8) is 0 Å². The quantitative estimate of drug-likeness (QED) is 0.877. The molecule has 1 amide bonds. The maximum absolute atomic E-state index is 12.0. The zero-order valence-electron chi connectivity index (χ0n) is 12.0. The molecule has 0 fully saturated rings. The molecule has 21 heavy (non-hydrogen) atoms. The van der Waals surface area contributed by atoms with Crippen molar-refractivity contribution in [2.75, 3.05) is 0 Å².